The molecule has 2 aromatic rings. The van der Waals surface area contributed by atoms with Crippen molar-refractivity contribution in [2.45, 2.75) is 26.8 Å². The minimum absolute atomic E-state index is 0.00268. The van der Waals surface area contributed by atoms with E-state index in [2.05, 4.69) is 20.2 Å². The first kappa shape index (κ1) is 13.5. The number of nitrogens with zero attached hydrogens (tertiary/aromatic N) is 2. The van der Waals surface area contributed by atoms with Gasteiger partial charge < -0.3 is 14.6 Å². The Morgan fingerprint density at radius 1 is 1.53 bits per heavy atom. The molecule has 0 aliphatic rings. The van der Waals surface area contributed by atoms with Gasteiger partial charge in [-0.15, -0.1) is 11.3 Å². The van der Waals surface area contributed by atoms with Crippen molar-refractivity contribution in [2.75, 3.05) is 12.4 Å². The van der Waals surface area contributed by atoms with E-state index in [-0.39, 0.29) is 6.04 Å². The number of ether oxygens (including phenoxy) is 1. The van der Waals surface area contributed by atoms with Crippen LogP contribution in [0.1, 0.15) is 40.5 Å². The van der Waals surface area contributed by atoms with Gasteiger partial charge in [-0.3, -0.25) is 0 Å². The molecule has 0 aliphatic heterocycles. The van der Waals surface area contributed by atoms with Gasteiger partial charge >= 0.3 is 5.97 Å². The second-order valence-electron chi connectivity index (χ2n) is 4.13. The molecule has 0 radical (unpaired) electrons. The van der Waals surface area contributed by atoms with Crippen molar-refractivity contribution in [2.24, 2.45) is 0 Å². The summed E-state index contributed by atoms with van der Waals surface area (Å²) in [4.78, 5) is 15.5. The molecule has 0 aliphatic carbocycles. The standard InChI is InChI=1S/C12H15N3O3S/c1-6(10-7(2)15-18-8(10)3)13-12-14-9(5-19-12)11(16)17-4/h5-6H,1-4H3,(H,13,14). The molecular formula is C12H15N3O3S. The molecule has 102 valence electrons. The molecule has 0 aromatic carbocycles. The number of aryl methyl sites for hydroxylation is 2. The zero-order valence-corrected chi connectivity index (χ0v) is 12.0. The molecule has 7 heteroatoms. The summed E-state index contributed by atoms with van der Waals surface area (Å²) in [5.41, 5.74) is 2.16. The van der Waals surface area contributed by atoms with E-state index in [0.29, 0.717) is 10.8 Å². The lowest BCUT2D eigenvalue weighted by atomic mass is 10.1. The zero-order chi connectivity index (χ0) is 14.0. The lowest BCUT2D eigenvalue weighted by Crippen LogP contribution is -2.09. The number of aromatic nitrogens is 2. The number of methoxy groups -OCH3 is 1. The normalized spacial score (nSPS) is 12.2. The Bertz CT molecular complexity index is 571. The predicted octanol–water partition coefficient (Wildman–Crippen LogP) is 2.71. The van der Waals surface area contributed by atoms with Crippen molar-refractivity contribution in [3.8, 4) is 0 Å². The highest BCUT2D eigenvalue weighted by Gasteiger charge is 2.18. The van der Waals surface area contributed by atoms with Crippen molar-refractivity contribution < 1.29 is 14.1 Å². The van der Waals surface area contributed by atoms with Gasteiger partial charge in [-0.05, 0) is 20.8 Å². The van der Waals surface area contributed by atoms with Crippen LogP contribution in [0, 0.1) is 13.8 Å². The van der Waals surface area contributed by atoms with E-state index >= 15 is 0 Å². The second kappa shape index (κ2) is 5.40. The van der Waals surface area contributed by atoms with E-state index in [0.717, 1.165) is 17.0 Å². The molecule has 0 saturated heterocycles. The lowest BCUT2D eigenvalue weighted by molar-refractivity contribution is 0.0595. The molecule has 6 nitrogen and oxygen atoms in total. The van der Waals surface area contributed by atoms with Crippen molar-refractivity contribution in [3.63, 3.8) is 0 Å². The first-order valence-electron chi connectivity index (χ1n) is 5.76. The molecule has 2 aromatic heterocycles. The molecular weight excluding hydrogens is 266 g/mol. The maximum atomic E-state index is 11.3. The summed E-state index contributed by atoms with van der Waals surface area (Å²) in [6.45, 7) is 5.76. The van der Waals surface area contributed by atoms with Crippen LogP contribution in [-0.4, -0.2) is 23.2 Å². The third kappa shape index (κ3) is 2.76. The van der Waals surface area contributed by atoms with Crippen LogP contribution in [0.2, 0.25) is 0 Å². The van der Waals surface area contributed by atoms with Crippen molar-refractivity contribution in [1.29, 1.82) is 0 Å². The average Bonchev–Trinajstić information content (AvgIpc) is 2.96. The van der Waals surface area contributed by atoms with Gasteiger partial charge in [0.2, 0.25) is 0 Å². The average molecular weight is 281 g/mol. The maximum absolute atomic E-state index is 11.3. The Morgan fingerprint density at radius 2 is 2.26 bits per heavy atom. The number of esters is 1. The number of thiazole rings is 1. The molecule has 2 rings (SSSR count). The van der Waals surface area contributed by atoms with Gasteiger partial charge in [-0.2, -0.15) is 0 Å². The lowest BCUT2D eigenvalue weighted by Gasteiger charge is -2.12. The third-order valence-corrected chi connectivity index (χ3v) is 3.53. The summed E-state index contributed by atoms with van der Waals surface area (Å²) < 4.78 is 9.75. The zero-order valence-electron chi connectivity index (χ0n) is 11.2. The van der Waals surface area contributed by atoms with Gasteiger partial charge in [0.1, 0.15) is 5.76 Å². The highest BCUT2D eigenvalue weighted by Crippen LogP contribution is 2.26. The van der Waals surface area contributed by atoms with E-state index in [9.17, 15) is 4.79 Å². The number of nitrogens with one attached hydrogen (secondary N) is 1. The molecule has 1 atom stereocenters. The monoisotopic (exact) mass is 281 g/mol. The van der Waals surface area contributed by atoms with Crippen molar-refractivity contribution in [3.05, 3.63) is 28.1 Å². The second-order valence-corrected chi connectivity index (χ2v) is 4.99. The van der Waals surface area contributed by atoms with Gasteiger partial charge in [0.15, 0.2) is 10.8 Å². The molecule has 2 heterocycles. The molecule has 1 unspecified atom stereocenters. The Balaban J connectivity index is 2.13. The van der Waals surface area contributed by atoms with Crippen LogP contribution in [0.5, 0.6) is 0 Å². The van der Waals surface area contributed by atoms with Crippen LogP contribution in [0.15, 0.2) is 9.90 Å². The van der Waals surface area contributed by atoms with Crippen LogP contribution in [0.3, 0.4) is 0 Å². The summed E-state index contributed by atoms with van der Waals surface area (Å²) in [6, 6.07) is 0.00268. The first-order chi connectivity index (χ1) is 9.02. The summed E-state index contributed by atoms with van der Waals surface area (Å²) >= 11 is 1.36. The van der Waals surface area contributed by atoms with Gasteiger partial charge in [0.25, 0.3) is 0 Å². The van der Waals surface area contributed by atoms with E-state index in [1.54, 1.807) is 5.38 Å². The third-order valence-electron chi connectivity index (χ3n) is 2.76. The topological polar surface area (TPSA) is 77.2 Å². The van der Waals surface area contributed by atoms with Crippen LogP contribution >= 0.6 is 11.3 Å². The number of hydrogen-bond donors (Lipinski definition) is 1. The molecule has 19 heavy (non-hydrogen) atoms. The fourth-order valence-corrected chi connectivity index (χ4v) is 2.67. The molecule has 0 fully saturated rings. The van der Waals surface area contributed by atoms with Crippen LogP contribution in [-0.2, 0) is 4.74 Å². The highest BCUT2D eigenvalue weighted by molar-refractivity contribution is 7.13. The summed E-state index contributed by atoms with van der Waals surface area (Å²) in [6.07, 6.45) is 0. The number of carbonyl (C=O) groups is 1. The Hall–Kier alpha value is -1.89. The SMILES string of the molecule is COC(=O)c1csc(NC(C)c2c(C)noc2C)n1. The van der Waals surface area contributed by atoms with Crippen LogP contribution in [0.25, 0.3) is 0 Å². The first-order valence-corrected chi connectivity index (χ1v) is 6.64. The Kier molecular flexibility index (Phi) is 3.84. The predicted molar refractivity (Wildman–Crippen MR) is 71.5 cm³/mol. The quantitative estimate of drug-likeness (QED) is 0.868. The van der Waals surface area contributed by atoms with E-state index in [1.807, 2.05) is 20.8 Å². The fourth-order valence-electron chi connectivity index (χ4n) is 1.90. The van der Waals surface area contributed by atoms with E-state index in [4.69, 9.17) is 4.52 Å². The van der Waals surface area contributed by atoms with Gasteiger partial charge in [-0.1, -0.05) is 5.16 Å². The van der Waals surface area contributed by atoms with E-state index in [1.165, 1.54) is 18.4 Å². The van der Waals surface area contributed by atoms with Crippen molar-refractivity contribution in [1.82, 2.24) is 10.1 Å². The molecule has 1 N–H and O–H groups in total. The Morgan fingerprint density at radius 3 is 2.84 bits per heavy atom. The van der Waals surface area contributed by atoms with Crippen LogP contribution < -0.4 is 5.32 Å². The molecule has 0 amide bonds. The smallest absolute Gasteiger partial charge is 0.357 e. The van der Waals surface area contributed by atoms with E-state index < -0.39 is 5.97 Å². The van der Waals surface area contributed by atoms with Crippen LogP contribution in [0.4, 0.5) is 5.13 Å². The number of anilines is 1. The maximum Gasteiger partial charge on any atom is 0.357 e. The molecule has 0 bridgehead atoms. The van der Waals surface area contributed by atoms with Gasteiger partial charge in [-0.25, -0.2) is 9.78 Å². The summed E-state index contributed by atoms with van der Waals surface area (Å²) in [5.74, 6) is 0.344. The number of hydrogen-bond acceptors (Lipinski definition) is 7. The number of rotatable bonds is 4. The van der Waals surface area contributed by atoms with Crippen molar-refractivity contribution >= 4 is 22.4 Å². The van der Waals surface area contributed by atoms with Gasteiger partial charge in [0, 0.05) is 10.9 Å². The molecule has 0 saturated carbocycles. The highest BCUT2D eigenvalue weighted by atomic mass is 32.1. The molecule has 0 spiro atoms. The van der Waals surface area contributed by atoms with Gasteiger partial charge in [0.05, 0.1) is 18.8 Å². The largest absolute Gasteiger partial charge is 0.464 e. The Labute approximate surface area is 114 Å². The minimum Gasteiger partial charge on any atom is -0.464 e. The number of carbonyl (C=O) groups excluding carboxylic acids is 1. The summed E-state index contributed by atoms with van der Waals surface area (Å²) in [7, 11) is 1.33. The minimum atomic E-state index is -0.436. The summed E-state index contributed by atoms with van der Waals surface area (Å²) in [5, 5.41) is 9.47. The fraction of sp³-hybridized carbons (Fsp3) is 0.417.